The third-order valence-electron chi connectivity index (χ3n) is 1.70. The van der Waals surface area contributed by atoms with Crippen LogP contribution in [0.25, 0.3) is 5.57 Å². The summed E-state index contributed by atoms with van der Waals surface area (Å²) in [7, 11) is 0. The third kappa shape index (κ3) is 1.72. The second kappa shape index (κ2) is 3.22. The first kappa shape index (κ1) is 8.53. The lowest BCUT2D eigenvalue weighted by molar-refractivity contribution is -0.112. The van der Waals surface area contributed by atoms with Crippen molar-refractivity contribution in [3.8, 4) is 0 Å². The predicted octanol–water partition coefficient (Wildman–Crippen LogP) is 1.49. The molecule has 2 N–H and O–H groups in total. The highest BCUT2D eigenvalue weighted by atomic mass is 16.1. The quantitative estimate of drug-likeness (QED) is 0.656. The van der Waals surface area contributed by atoms with E-state index in [9.17, 15) is 4.79 Å². The molecule has 0 fully saturated rings. The van der Waals surface area contributed by atoms with Gasteiger partial charge in [-0.3, -0.25) is 4.79 Å². The van der Waals surface area contributed by atoms with E-state index >= 15 is 0 Å². The standard InChI is InChI=1S/C10H11NO/c1-7-3-5-9(6-4-7)8(2)10(11)12/h3-6H,2H2,1H3,(H2,11,12). The van der Waals surface area contributed by atoms with Gasteiger partial charge in [-0.1, -0.05) is 36.4 Å². The first-order chi connectivity index (χ1) is 5.61. The van der Waals surface area contributed by atoms with Gasteiger partial charge in [-0.15, -0.1) is 0 Å². The molecule has 1 amide bonds. The summed E-state index contributed by atoms with van der Waals surface area (Å²) in [6.07, 6.45) is 0. The first-order valence-electron chi connectivity index (χ1n) is 3.67. The molecule has 1 aromatic carbocycles. The van der Waals surface area contributed by atoms with Crippen molar-refractivity contribution in [2.45, 2.75) is 6.92 Å². The Balaban J connectivity index is 2.98. The van der Waals surface area contributed by atoms with Crippen molar-refractivity contribution in [1.82, 2.24) is 0 Å². The molecule has 1 rings (SSSR count). The molecule has 0 aliphatic heterocycles. The van der Waals surface area contributed by atoms with Gasteiger partial charge in [-0.25, -0.2) is 0 Å². The molecule has 0 bridgehead atoms. The number of hydrogen-bond donors (Lipinski definition) is 1. The summed E-state index contributed by atoms with van der Waals surface area (Å²) in [6.45, 7) is 5.56. The van der Waals surface area contributed by atoms with Crippen LogP contribution in [-0.2, 0) is 4.79 Å². The number of rotatable bonds is 2. The predicted molar refractivity (Wildman–Crippen MR) is 49.4 cm³/mol. The van der Waals surface area contributed by atoms with Crippen LogP contribution in [0.15, 0.2) is 30.8 Å². The molecule has 0 unspecified atom stereocenters. The van der Waals surface area contributed by atoms with Gasteiger partial charge >= 0.3 is 0 Å². The largest absolute Gasteiger partial charge is 0.366 e. The van der Waals surface area contributed by atoms with E-state index in [1.165, 1.54) is 0 Å². The Kier molecular flexibility index (Phi) is 2.29. The minimum atomic E-state index is -0.473. The zero-order valence-electron chi connectivity index (χ0n) is 7.00. The van der Waals surface area contributed by atoms with Crippen LogP contribution in [0.4, 0.5) is 0 Å². The fraction of sp³-hybridized carbons (Fsp3) is 0.100. The number of carbonyl (C=O) groups is 1. The van der Waals surface area contributed by atoms with E-state index in [-0.39, 0.29) is 0 Å². The average molecular weight is 161 g/mol. The molecule has 0 aromatic heterocycles. The molecule has 0 radical (unpaired) electrons. The van der Waals surface area contributed by atoms with Crippen LogP contribution in [-0.4, -0.2) is 5.91 Å². The summed E-state index contributed by atoms with van der Waals surface area (Å²) in [5.41, 5.74) is 7.36. The molecule has 62 valence electrons. The first-order valence-corrected chi connectivity index (χ1v) is 3.67. The number of benzene rings is 1. The zero-order chi connectivity index (χ0) is 9.14. The minimum absolute atomic E-state index is 0.356. The lowest BCUT2D eigenvalue weighted by Gasteiger charge is -2.00. The Labute approximate surface area is 71.7 Å². The van der Waals surface area contributed by atoms with Crippen LogP contribution in [0.3, 0.4) is 0 Å². The zero-order valence-corrected chi connectivity index (χ0v) is 7.00. The van der Waals surface area contributed by atoms with Crippen molar-refractivity contribution in [1.29, 1.82) is 0 Å². The summed E-state index contributed by atoms with van der Waals surface area (Å²) < 4.78 is 0. The summed E-state index contributed by atoms with van der Waals surface area (Å²) in [6, 6.07) is 7.51. The van der Waals surface area contributed by atoms with Crippen LogP contribution in [0.1, 0.15) is 11.1 Å². The van der Waals surface area contributed by atoms with E-state index in [1.807, 2.05) is 31.2 Å². The second-order valence-electron chi connectivity index (χ2n) is 2.71. The monoisotopic (exact) mass is 161 g/mol. The number of primary amides is 1. The average Bonchev–Trinajstić information content (AvgIpc) is 2.04. The van der Waals surface area contributed by atoms with Crippen molar-refractivity contribution in [3.05, 3.63) is 42.0 Å². The van der Waals surface area contributed by atoms with Crippen LogP contribution >= 0.6 is 0 Å². The van der Waals surface area contributed by atoms with Crippen molar-refractivity contribution >= 4 is 11.5 Å². The molecule has 0 aliphatic carbocycles. The molecule has 0 saturated heterocycles. The van der Waals surface area contributed by atoms with E-state index < -0.39 is 5.91 Å². The van der Waals surface area contributed by atoms with Gasteiger partial charge in [0.2, 0.25) is 5.91 Å². The normalized spacial score (nSPS) is 9.42. The Morgan fingerprint density at radius 2 is 1.83 bits per heavy atom. The van der Waals surface area contributed by atoms with E-state index in [1.54, 1.807) is 0 Å². The molecule has 0 saturated carbocycles. The number of carbonyl (C=O) groups excluding carboxylic acids is 1. The van der Waals surface area contributed by atoms with E-state index in [2.05, 4.69) is 6.58 Å². The van der Waals surface area contributed by atoms with E-state index in [4.69, 9.17) is 5.73 Å². The Morgan fingerprint density at radius 3 is 2.25 bits per heavy atom. The van der Waals surface area contributed by atoms with E-state index in [0.717, 1.165) is 11.1 Å². The van der Waals surface area contributed by atoms with Crippen molar-refractivity contribution in [2.24, 2.45) is 5.73 Å². The summed E-state index contributed by atoms with van der Waals surface area (Å²) >= 11 is 0. The van der Waals surface area contributed by atoms with Crippen LogP contribution in [0.2, 0.25) is 0 Å². The molecule has 0 atom stereocenters. The molecule has 0 aliphatic rings. The summed E-state index contributed by atoms with van der Waals surface area (Å²) in [5, 5.41) is 0. The van der Waals surface area contributed by atoms with Gasteiger partial charge in [-0.05, 0) is 12.5 Å². The molecular weight excluding hydrogens is 150 g/mol. The third-order valence-corrected chi connectivity index (χ3v) is 1.70. The van der Waals surface area contributed by atoms with Crippen molar-refractivity contribution in [3.63, 3.8) is 0 Å². The van der Waals surface area contributed by atoms with Crippen LogP contribution in [0.5, 0.6) is 0 Å². The summed E-state index contributed by atoms with van der Waals surface area (Å²) in [5.74, 6) is -0.473. The van der Waals surface area contributed by atoms with Crippen LogP contribution < -0.4 is 5.73 Å². The lowest BCUT2D eigenvalue weighted by atomic mass is 10.1. The van der Waals surface area contributed by atoms with Gasteiger partial charge in [0.1, 0.15) is 0 Å². The van der Waals surface area contributed by atoms with E-state index in [0.29, 0.717) is 5.57 Å². The Hall–Kier alpha value is -1.57. The van der Waals surface area contributed by atoms with Crippen molar-refractivity contribution < 1.29 is 4.79 Å². The molecule has 2 nitrogen and oxygen atoms in total. The smallest absolute Gasteiger partial charge is 0.248 e. The van der Waals surface area contributed by atoms with Crippen molar-refractivity contribution in [2.75, 3.05) is 0 Å². The fourth-order valence-corrected chi connectivity index (χ4v) is 0.897. The SMILES string of the molecule is C=C(C(N)=O)c1ccc(C)cc1. The van der Waals surface area contributed by atoms with Gasteiger partial charge in [0.15, 0.2) is 0 Å². The highest BCUT2D eigenvalue weighted by Crippen LogP contribution is 2.11. The molecule has 2 heteroatoms. The number of amides is 1. The van der Waals surface area contributed by atoms with Gasteiger partial charge < -0.3 is 5.73 Å². The second-order valence-corrected chi connectivity index (χ2v) is 2.71. The molecule has 0 spiro atoms. The van der Waals surface area contributed by atoms with Gasteiger partial charge in [0.05, 0.1) is 0 Å². The van der Waals surface area contributed by atoms with Gasteiger partial charge in [-0.2, -0.15) is 0 Å². The maximum Gasteiger partial charge on any atom is 0.248 e. The maximum atomic E-state index is 10.7. The molecule has 12 heavy (non-hydrogen) atoms. The van der Waals surface area contributed by atoms with Gasteiger partial charge in [0.25, 0.3) is 0 Å². The highest BCUT2D eigenvalue weighted by Gasteiger charge is 2.02. The molecule has 0 heterocycles. The topological polar surface area (TPSA) is 43.1 Å². The number of hydrogen-bond acceptors (Lipinski definition) is 1. The highest BCUT2D eigenvalue weighted by molar-refractivity contribution is 6.17. The lowest BCUT2D eigenvalue weighted by Crippen LogP contribution is -2.11. The summed E-state index contributed by atoms with van der Waals surface area (Å²) in [4.78, 5) is 10.7. The van der Waals surface area contributed by atoms with Gasteiger partial charge in [0, 0.05) is 5.57 Å². The Bertz CT molecular complexity index is 311. The van der Waals surface area contributed by atoms with Crippen LogP contribution in [0, 0.1) is 6.92 Å². The fourth-order valence-electron chi connectivity index (χ4n) is 0.897. The number of aryl methyl sites for hydroxylation is 1. The molecule has 1 aromatic rings. The maximum absolute atomic E-state index is 10.7. The minimum Gasteiger partial charge on any atom is -0.366 e. The molecular formula is C10H11NO. The number of nitrogens with two attached hydrogens (primary N) is 1. The Morgan fingerprint density at radius 1 is 1.33 bits per heavy atom.